The van der Waals surface area contributed by atoms with Gasteiger partial charge in [-0.2, -0.15) is 0 Å². The van der Waals surface area contributed by atoms with E-state index in [0.717, 1.165) is 5.56 Å². The van der Waals surface area contributed by atoms with E-state index in [-0.39, 0.29) is 11.0 Å². The Hall–Kier alpha value is -2.36. The molecular formula is C21H26O4. The van der Waals surface area contributed by atoms with Crippen molar-refractivity contribution >= 4 is 11.9 Å². The summed E-state index contributed by atoms with van der Waals surface area (Å²) in [5.74, 6) is -2.61. The van der Waals surface area contributed by atoms with Crippen LogP contribution in [0.4, 0.5) is 0 Å². The van der Waals surface area contributed by atoms with Gasteiger partial charge in [0.15, 0.2) is 0 Å². The molecule has 0 radical (unpaired) electrons. The van der Waals surface area contributed by atoms with Gasteiger partial charge < -0.3 is 10.2 Å². The number of allylic oxidation sites excluding steroid dienone is 2. The van der Waals surface area contributed by atoms with E-state index in [1.165, 1.54) is 0 Å². The fourth-order valence-electron chi connectivity index (χ4n) is 3.57. The first-order valence-electron chi connectivity index (χ1n) is 8.54. The maximum atomic E-state index is 12.2. The van der Waals surface area contributed by atoms with E-state index in [2.05, 4.69) is 0 Å². The molecule has 1 aliphatic carbocycles. The van der Waals surface area contributed by atoms with Gasteiger partial charge in [-0.25, -0.2) is 4.79 Å². The minimum absolute atomic E-state index is 0.213. The molecule has 134 valence electrons. The van der Waals surface area contributed by atoms with Crippen LogP contribution in [0.5, 0.6) is 0 Å². The van der Waals surface area contributed by atoms with E-state index in [9.17, 15) is 19.8 Å². The van der Waals surface area contributed by atoms with Crippen molar-refractivity contribution < 1.29 is 19.8 Å². The van der Waals surface area contributed by atoms with Crippen LogP contribution in [-0.2, 0) is 16.0 Å². The summed E-state index contributed by atoms with van der Waals surface area (Å²) in [5, 5.41) is 19.7. The summed E-state index contributed by atoms with van der Waals surface area (Å²) in [6.07, 6.45) is 4.36. The Kier molecular flexibility index (Phi) is 5.21. The number of rotatable bonds is 5. The first kappa shape index (κ1) is 19.0. The number of hydrogen-bond acceptors (Lipinski definition) is 2. The molecule has 1 aromatic rings. The molecule has 1 aromatic carbocycles. The highest BCUT2D eigenvalue weighted by molar-refractivity contribution is 5.92. The predicted molar refractivity (Wildman–Crippen MR) is 97.3 cm³/mol. The van der Waals surface area contributed by atoms with Gasteiger partial charge in [-0.3, -0.25) is 4.79 Å². The molecule has 0 saturated heterocycles. The van der Waals surface area contributed by atoms with Gasteiger partial charge in [0.25, 0.3) is 0 Å². The highest BCUT2D eigenvalue weighted by Crippen LogP contribution is 2.47. The van der Waals surface area contributed by atoms with Crippen molar-refractivity contribution in [3.05, 3.63) is 59.2 Å². The highest BCUT2D eigenvalue weighted by Gasteiger charge is 2.48. The van der Waals surface area contributed by atoms with Gasteiger partial charge in [-0.15, -0.1) is 0 Å². The molecule has 1 aliphatic rings. The fourth-order valence-corrected chi connectivity index (χ4v) is 3.57. The molecule has 0 aromatic heterocycles. The monoisotopic (exact) mass is 342 g/mol. The standard InChI is InChI=1S/C21H26O4/c1-14-17(18(22)23)16(20(2,3)4)11-13-21(14,19(24)25)12-10-15-8-6-5-7-9-15/h5-9,11,13-14H,10,12H2,1-4H3,(H,22,23)(H,24,25)/t14?,21-/m0/s1. The second kappa shape index (κ2) is 6.87. The van der Waals surface area contributed by atoms with Crippen LogP contribution in [0, 0.1) is 16.7 Å². The molecular weight excluding hydrogens is 316 g/mol. The normalized spacial score (nSPS) is 23.6. The Morgan fingerprint density at radius 2 is 1.72 bits per heavy atom. The Balaban J connectivity index is 2.44. The maximum Gasteiger partial charge on any atom is 0.332 e. The van der Waals surface area contributed by atoms with Crippen LogP contribution in [-0.4, -0.2) is 22.2 Å². The lowest BCUT2D eigenvalue weighted by Crippen LogP contribution is -2.41. The summed E-state index contributed by atoms with van der Waals surface area (Å²) >= 11 is 0. The second-order valence-electron chi connectivity index (χ2n) is 7.77. The van der Waals surface area contributed by atoms with Crippen molar-refractivity contribution in [2.75, 3.05) is 0 Å². The van der Waals surface area contributed by atoms with Crippen LogP contribution in [0.15, 0.2) is 53.6 Å². The molecule has 0 bridgehead atoms. The zero-order chi connectivity index (χ0) is 18.8. The largest absolute Gasteiger partial charge is 0.481 e. The molecule has 0 saturated carbocycles. The lowest BCUT2D eigenvalue weighted by molar-refractivity contribution is -0.149. The summed E-state index contributed by atoms with van der Waals surface area (Å²) in [7, 11) is 0. The average molecular weight is 342 g/mol. The second-order valence-corrected chi connectivity index (χ2v) is 7.77. The highest BCUT2D eigenvalue weighted by atomic mass is 16.4. The lowest BCUT2D eigenvalue weighted by atomic mass is 9.63. The van der Waals surface area contributed by atoms with Crippen molar-refractivity contribution in [1.29, 1.82) is 0 Å². The number of carbonyl (C=O) groups is 2. The Morgan fingerprint density at radius 1 is 1.12 bits per heavy atom. The minimum Gasteiger partial charge on any atom is -0.481 e. The van der Waals surface area contributed by atoms with E-state index in [4.69, 9.17) is 0 Å². The summed E-state index contributed by atoms with van der Waals surface area (Å²) in [4.78, 5) is 24.1. The lowest BCUT2D eigenvalue weighted by Gasteiger charge is -2.39. The van der Waals surface area contributed by atoms with Crippen LogP contribution in [0.2, 0.25) is 0 Å². The topological polar surface area (TPSA) is 74.6 Å². The molecule has 0 aliphatic heterocycles. The Labute approximate surface area is 148 Å². The number of aryl methyl sites for hydroxylation is 1. The Bertz CT molecular complexity index is 722. The molecule has 2 rings (SSSR count). The molecule has 0 amide bonds. The van der Waals surface area contributed by atoms with Gasteiger partial charge in [-0.1, -0.05) is 70.2 Å². The van der Waals surface area contributed by atoms with Gasteiger partial charge >= 0.3 is 11.9 Å². The predicted octanol–water partition coefficient (Wildman–Crippen LogP) is 4.32. The quantitative estimate of drug-likeness (QED) is 0.835. The zero-order valence-corrected chi connectivity index (χ0v) is 15.2. The molecule has 2 atom stereocenters. The number of benzene rings is 1. The third kappa shape index (κ3) is 3.68. The average Bonchev–Trinajstić information content (AvgIpc) is 2.53. The molecule has 0 fully saturated rings. The molecule has 0 heterocycles. The van der Waals surface area contributed by atoms with E-state index in [0.29, 0.717) is 18.4 Å². The van der Waals surface area contributed by atoms with E-state index < -0.39 is 23.3 Å². The van der Waals surface area contributed by atoms with Crippen molar-refractivity contribution in [2.24, 2.45) is 16.7 Å². The summed E-state index contributed by atoms with van der Waals surface area (Å²) < 4.78 is 0. The summed E-state index contributed by atoms with van der Waals surface area (Å²) in [5.41, 5.74) is 0.390. The van der Waals surface area contributed by atoms with E-state index in [1.54, 1.807) is 19.1 Å². The number of aliphatic carboxylic acids is 2. The van der Waals surface area contributed by atoms with Gasteiger partial charge in [-0.05, 0) is 29.4 Å². The number of hydrogen-bond donors (Lipinski definition) is 2. The van der Waals surface area contributed by atoms with Crippen LogP contribution < -0.4 is 0 Å². The van der Waals surface area contributed by atoms with Crippen molar-refractivity contribution in [3.8, 4) is 0 Å². The third-order valence-electron chi connectivity index (χ3n) is 5.15. The third-order valence-corrected chi connectivity index (χ3v) is 5.15. The molecule has 0 spiro atoms. The zero-order valence-electron chi connectivity index (χ0n) is 15.2. The number of carboxylic acids is 2. The van der Waals surface area contributed by atoms with Gasteiger partial charge in [0, 0.05) is 11.5 Å². The van der Waals surface area contributed by atoms with Crippen LogP contribution in [0.3, 0.4) is 0 Å². The molecule has 25 heavy (non-hydrogen) atoms. The number of carboxylic acid groups (broad SMARTS) is 2. The minimum atomic E-state index is -1.21. The molecule has 4 nitrogen and oxygen atoms in total. The van der Waals surface area contributed by atoms with Gasteiger partial charge in [0.05, 0.1) is 5.41 Å². The van der Waals surface area contributed by atoms with Crippen LogP contribution in [0.1, 0.15) is 39.7 Å². The summed E-state index contributed by atoms with van der Waals surface area (Å²) in [6, 6.07) is 9.68. The van der Waals surface area contributed by atoms with Gasteiger partial charge in [0.1, 0.15) is 0 Å². The summed E-state index contributed by atoms with van der Waals surface area (Å²) in [6.45, 7) is 7.55. The Morgan fingerprint density at radius 3 is 2.20 bits per heavy atom. The van der Waals surface area contributed by atoms with Crippen LogP contribution >= 0.6 is 0 Å². The van der Waals surface area contributed by atoms with Crippen molar-refractivity contribution in [1.82, 2.24) is 0 Å². The maximum absolute atomic E-state index is 12.2. The van der Waals surface area contributed by atoms with Crippen molar-refractivity contribution in [3.63, 3.8) is 0 Å². The van der Waals surface area contributed by atoms with Gasteiger partial charge in [0.2, 0.25) is 0 Å². The molecule has 1 unspecified atom stereocenters. The molecule has 2 N–H and O–H groups in total. The SMILES string of the molecule is CC1C(C(=O)O)=C(C(C)(C)C)C=C[C@]1(CCc1ccccc1)C(=O)O. The fraction of sp³-hybridized carbons (Fsp3) is 0.429. The first-order valence-corrected chi connectivity index (χ1v) is 8.54. The molecule has 4 heteroatoms. The van der Waals surface area contributed by atoms with E-state index >= 15 is 0 Å². The smallest absolute Gasteiger partial charge is 0.332 e. The first-order chi connectivity index (χ1) is 11.6. The van der Waals surface area contributed by atoms with Crippen molar-refractivity contribution in [2.45, 2.75) is 40.5 Å². The van der Waals surface area contributed by atoms with Crippen LogP contribution in [0.25, 0.3) is 0 Å². The van der Waals surface area contributed by atoms with E-state index in [1.807, 2.05) is 51.1 Å².